The molecular weight excluding hydrogens is 310 g/mol. The highest BCUT2D eigenvalue weighted by Crippen LogP contribution is 2.38. The monoisotopic (exact) mass is 327 g/mol. The Balaban J connectivity index is 2.19. The van der Waals surface area contributed by atoms with Gasteiger partial charge in [0.1, 0.15) is 0 Å². The minimum atomic E-state index is -0.729. The van der Waals surface area contributed by atoms with E-state index >= 15 is 0 Å². The summed E-state index contributed by atoms with van der Waals surface area (Å²) in [5, 5.41) is 2.82. The van der Waals surface area contributed by atoms with Gasteiger partial charge in [-0.1, -0.05) is 35.0 Å². The van der Waals surface area contributed by atoms with Crippen LogP contribution in [0.1, 0.15) is 25.8 Å². The van der Waals surface area contributed by atoms with Crippen molar-refractivity contribution in [2.24, 2.45) is 0 Å². The van der Waals surface area contributed by atoms with Crippen LogP contribution in [0.5, 0.6) is 0 Å². The first-order valence-electron chi connectivity index (χ1n) is 6.41. The van der Waals surface area contributed by atoms with E-state index in [2.05, 4.69) is 21.2 Å². The normalized spacial score (nSPS) is 19.1. The lowest BCUT2D eigenvalue weighted by Gasteiger charge is -2.30. The molecule has 1 aromatic carbocycles. The first-order chi connectivity index (χ1) is 9.08. The molecule has 0 radical (unpaired) electrons. The Morgan fingerprint density at radius 1 is 1.37 bits per heavy atom. The van der Waals surface area contributed by atoms with Crippen LogP contribution in [0.25, 0.3) is 0 Å². The molecule has 0 unspecified atom stereocenters. The second-order valence-electron chi connectivity index (χ2n) is 4.46. The molecule has 1 saturated heterocycles. The number of hydrogen-bond acceptors (Lipinski definition) is 3. The Morgan fingerprint density at radius 2 is 1.95 bits per heavy atom. The summed E-state index contributed by atoms with van der Waals surface area (Å²) in [6.07, 6.45) is 0.469. The number of carbonyl (C=O) groups excluding carboxylic acids is 1. The van der Waals surface area contributed by atoms with Gasteiger partial charge in [-0.05, 0) is 19.1 Å². The van der Waals surface area contributed by atoms with E-state index in [1.54, 1.807) is 0 Å². The van der Waals surface area contributed by atoms with E-state index in [1.807, 2.05) is 38.1 Å². The van der Waals surface area contributed by atoms with Gasteiger partial charge < -0.3 is 14.8 Å². The number of halogens is 1. The molecule has 1 heterocycles. The molecule has 1 amide bonds. The van der Waals surface area contributed by atoms with Crippen LogP contribution in [-0.4, -0.2) is 23.9 Å². The number of hydrogen-bond donors (Lipinski definition) is 1. The van der Waals surface area contributed by atoms with Crippen LogP contribution in [0.2, 0.25) is 0 Å². The van der Waals surface area contributed by atoms with Crippen molar-refractivity contribution in [2.45, 2.75) is 30.9 Å². The van der Waals surface area contributed by atoms with Gasteiger partial charge in [-0.2, -0.15) is 0 Å². The summed E-state index contributed by atoms with van der Waals surface area (Å²) in [6, 6.07) is 7.58. The SMILES string of the molecule is CCC(=O)Nc1ccc(C2([C@H](C)Br)OCCO2)cc1. The molecule has 1 aliphatic heterocycles. The number of anilines is 1. The zero-order valence-electron chi connectivity index (χ0n) is 11.1. The molecule has 104 valence electrons. The van der Waals surface area contributed by atoms with Crippen molar-refractivity contribution in [3.05, 3.63) is 29.8 Å². The molecule has 1 aromatic rings. The molecule has 5 heteroatoms. The van der Waals surface area contributed by atoms with Gasteiger partial charge in [0.05, 0.1) is 18.0 Å². The average Bonchev–Trinajstić information content (AvgIpc) is 2.90. The number of rotatable bonds is 4. The van der Waals surface area contributed by atoms with Crippen LogP contribution >= 0.6 is 15.9 Å². The van der Waals surface area contributed by atoms with E-state index in [4.69, 9.17) is 9.47 Å². The smallest absolute Gasteiger partial charge is 0.224 e. The van der Waals surface area contributed by atoms with Crippen molar-refractivity contribution in [2.75, 3.05) is 18.5 Å². The van der Waals surface area contributed by atoms with Crippen LogP contribution in [0, 0.1) is 0 Å². The molecule has 1 N–H and O–H groups in total. The summed E-state index contributed by atoms with van der Waals surface area (Å²) in [7, 11) is 0. The molecule has 4 nitrogen and oxygen atoms in total. The molecule has 0 aromatic heterocycles. The van der Waals surface area contributed by atoms with Gasteiger partial charge in [-0.3, -0.25) is 4.79 Å². The van der Waals surface area contributed by atoms with E-state index in [9.17, 15) is 4.79 Å². The lowest BCUT2D eigenvalue weighted by atomic mass is 10.0. The molecule has 0 spiro atoms. The topological polar surface area (TPSA) is 47.6 Å². The average molecular weight is 328 g/mol. The third-order valence-corrected chi connectivity index (χ3v) is 3.73. The maximum absolute atomic E-state index is 11.3. The Labute approximate surface area is 121 Å². The molecule has 0 bridgehead atoms. The number of ether oxygens (including phenoxy) is 2. The van der Waals surface area contributed by atoms with Gasteiger partial charge in [0.15, 0.2) is 0 Å². The second-order valence-corrected chi connectivity index (χ2v) is 5.83. The number of amides is 1. The molecular formula is C14H18BrNO3. The highest BCUT2D eigenvalue weighted by Gasteiger charge is 2.42. The standard InChI is InChI=1S/C14H18BrNO3/c1-3-13(17)16-12-6-4-11(5-7-12)14(10(2)15)18-8-9-19-14/h4-7,10H,3,8-9H2,1-2H3,(H,16,17)/t10-/m0/s1. The largest absolute Gasteiger partial charge is 0.343 e. The fourth-order valence-corrected chi connectivity index (χ4v) is 2.62. The zero-order valence-corrected chi connectivity index (χ0v) is 12.7. The van der Waals surface area contributed by atoms with E-state index in [1.165, 1.54) is 0 Å². The van der Waals surface area contributed by atoms with Crippen molar-refractivity contribution in [3.63, 3.8) is 0 Å². The molecule has 1 fully saturated rings. The lowest BCUT2D eigenvalue weighted by molar-refractivity contribution is -0.161. The zero-order chi connectivity index (χ0) is 13.9. The van der Waals surface area contributed by atoms with Crippen molar-refractivity contribution >= 4 is 27.5 Å². The Morgan fingerprint density at radius 3 is 2.42 bits per heavy atom. The third kappa shape index (κ3) is 2.99. The third-order valence-electron chi connectivity index (χ3n) is 3.13. The summed E-state index contributed by atoms with van der Waals surface area (Å²) >= 11 is 3.55. The van der Waals surface area contributed by atoms with Crippen LogP contribution in [-0.2, 0) is 20.1 Å². The maximum Gasteiger partial charge on any atom is 0.224 e. The van der Waals surface area contributed by atoms with Crippen LogP contribution in [0.15, 0.2) is 24.3 Å². The van der Waals surface area contributed by atoms with Crippen molar-refractivity contribution < 1.29 is 14.3 Å². The number of benzene rings is 1. The minimum absolute atomic E-state index is 0.00434. The first kappa shape index (κ1) is 14.5. The van der Waals surface area contributed by atoms with Gasteiger partial charge in [0, 0.05) is 17.7 Å². The number of nitrogens with one attached hydrogen (secondary N) is 1. The second kappa shape index (κ2) is 6.03. The number of alkyl halides is 1. The maximum atomic E-state index is 11.3. The van der Waals surface area contributed by atoms with Gasteiger partial charge >= 0.3 is 0 Å². The van der Waals surface area contributed by atoms with Gasteiger partial charge in [-0.15, -0.1) is 0 Å². The van der Waals surface area contributed by atoms with E-state index in [0.29, 0.717) is 19.6 Å². The number of carbonyl (C=O) groups is 1. The Kier molecular flexibility index (Phi) is 4.60. The molecule has 0 aliphatic carbocycles. The fraction of sp³-hybridized carbons (Fsp3) is 0.500. The summed E-state index contributed by atoms with van der Waals surface area (Å²) in [5.41, 5.74) is 1.73. The van der Waals surface area contributed by atoms with Crippen molar-refractivity contribution in [1.82, 2.24) is 0 Å². The van der Waals surface area contributed by atoms with E-state index in [-0.39, 0.29) is 10.7 Å². The molecule has 0 saturated carbocycles. The summed E-state index contributed by atoms with van der Waals surface area (Å²) < 4.78 is 11.5. The molecule has 19 heavy (non-hydrogen) atoms. The molecule has 2 rings (SSSR count). The lowest BCUT2D eigenvalue weighted by Crippen LogP contribution is -2.35. The Hall–Kier alpha value is -0.910. The van der Waals surface area contributed by atoms with Crippen LogP contribution in [0.4, 0.5) is 5.69 Å². The summed E-state index contributed by atoms with van der Waals surface area (Å²) in [5.74, 6) is -0.725. The predicted octanol–water partition coefficient (Wildman–Crippen LogP) is 3.02. The Bertz CT molecular complexity index is 439. The van der Waals surface area contributed by atoms with E-state index < -0.39 is 5.79 Å². The van der Waals surface area contributed by atoms with E-state index in [0.717, 1.165) is 11.3 Å². The highest BCUT2D eigenvalue weighted by molar-refractivity contribution is 9.09. The van der Waals surface area contributed by atoms with Gasteiger partial charge in [0.2, 0.25) is 11.7 Å². The first-order valence-corrected chi connectivity index (χ1v) is 7.32. The fourth-order valence-electron chi connectivity index (χ4n) is 2.09. The predicted molar refractivity (Wildman–Crippen MR) is 77.3 cm³/mol. The minimum Gasteiger partial charge on any atom is -0.343 e. The van der Waals surface area contributed by atoms with Crippen LogP contribution < -0.4 is 5.32 Å². The summed E-state index contributed by atoms with van der Waals surface area (Å²) in [6.45, 7) is 5.00. The van der Waals surface area contributed by atoms with Gasteiger partial charge in [-0.25, -0.2) is 0 Å². The van der Waals surface area contributed by atoms with Crippen molar-refractivity contribution in [3.8, 4) is 0 Å². The highest BCUT2D eigenvalue weighted by atomic mass is 79.9. The summed E-state index contributed by atoms with van der Waals surface area (Å²) in [4.78, 5) is 11.4. The quantitative estimate of drug-likeness (QED) is 0.865. The van der Waals surface area contributed by atoms with Crippen molar-refractivity contribution in [1.29, 1.82) is 0 Å². The molecule has 1 atom stereocenters. The van der Waals surface area contributed by atoms with Gasteiger partial charge in [0.25, 0.3) is 0 Å². The molecule has 1 aliphatic rings. The van der Waals surface area contributed by atoms with Crippen LogP contribution in [0.3, 0.4) is 0 Å².